The third kappa shape index (κ3) is 3.66. The molecule has 0 aromatic heterocycles. The molecular weight excluding hydrogens is 223 g/mol. The molecule has 0 aromatic rings. The summed E-state index contributed by atoms with van der Waals surface area (Å²) in [5.41, 5.74) is -0.872. The number of carbonyl (C=O) groups excluding carboxylic acids is 1. The van der Waals surface area contributed by atoms with Gasteiger partial charge in [0.05, 0.1) is 25.1 Å². The van der Waals surface area contributed by atoms with Crippen LogP contribution >= 0.6 is 0 Å². The summed E-state index contributed by atoms with van der Waals surface area (Å²) in [5.74, 6) is -0.530. The van der Waals surface area contributed by atoms with Crippen LogP contribution in [0.5, 0.6) is 0 Å². The van der Waals surface area contributed by atoms with E-state index in [1.807, 2.05) is 6.92 Å². The monoisotopic (exact) mass is 239 g/mol. The highest BCUT2D eigenvalue weighted by Gasteiger charge is 2.43. The van der Waals surface area contributed by atoms with Crippen LogP contribution in [0.1, 0.15) is 32.6 Å². The second-order valence-corrected chi connectivity index (χ2v) is 4.34. The summed E-state index contributed by atoms with van der Waals surface area (Å²) in [7, 11) is 0. The van der Waals surface area contributed by atoms with Crippen LogP contribution in [0, 0.1) is 0 Å². The van der Waals surface area contributed by atoms with E-state index in [1.165, 1.54) is 4.90 Å². The Bertz CT molecular complexity index is 259. The molecule has 1 rings (SSSR count). The standard InChI is InChI=1S/C10H16F3NO2/c1-2-4-9(16)6-14(7-9)8(15)3-5-10(11,12)13/h16H,2-7H2,1H3. The van der Waals surface area contributed by atoms with Crippen LogP contribution in [0.4, 0.5) is 13.2 Å². The molecule has 0 unspecified atom stereocenters. The Labute approximate surface area is 92.2 Å². The average molecular weight is 239 g/mol. The van der Waals surface area contributed by atoms with Gasteiger partial charge in [-0.05, 0) is 6.42 Å². The Morgan fingerprint density at radius 1 is 1.44 bits per heavy atom. The van der Waals surface area contributed by atoms with Crippen LogP contribution in [-0.2, 0) is 4.79 Å². The number of aliphatic hydroxyl groups is 1. The molecule has 1 heterocycles. The van der Waals surface area contributed by atoms with Gasteiger partial charge in [0.2, 0.25) is 5.91 Å². The van der Waals surface area contributed by atoms with Gasteiger partial charge in [-0.25, -0.2) is 0 Å². The summed E-state index contributed by atoms with van der Waals surface area (Å²) in [4.78, 5) is 12.6. The molecule has 1 N–H and O–H groups in total. The van der Waals surface area contributed by atoms with Crippen molar-refractivity contribution in [1.82, 2.24) is 4.90 Å². The molecule has 1 amide bonds. The zero-order valence-electron chi connectivity index (χ0n) is 9.18. The van der Waals surface area contributed by atoms with Gasteiger partial charge < -0.3 is 10.0 Å². The average Bonchev–Trinajstić information content (AvgIpc) is 2.09. The van der Waals surface area contributed by atoms with Gasteiger partial charge in [0, 0.05) is 6.42 Å². The Balaban J connectivity index is 2.27. The van der Waals surface area contributed by atoms with E-state index in [4.69, 9.17) is 0 Å². The van der Waals surface area contributed by atoms with Gasteiger partial charge in [-0.15, -0.1) is 0 Å². The summed E-state index contributed by atoms with van der Waals surface area (Å²) in [6, 6.07) is 0. The lowest BCUT2D eigenvalue weighted by Gasteiger charge is -2.46. The minimum Gasteiger partial charge on any atom is -0.386 e. The Morgan fingerprint density at radius 3 is 2.44 bits per heavy atom. The van der Waals surface area contributed by atoms with Crippen molar-refractivity contribution in [3.63, 3.8) is 0 Å². The number of rotatable bonds is 4. The van der Waals surface area contributed by atoms with E-state index in [9.17, 15) is 23.1 Å². The third-order valence-corrected chi connectivity index (χ3v) is 2.66. The molecule has 0 aliphatic carbocycles. The van der Waals surface area contributed by atoms with Crippen molar-refractivity contribution < 1.29 is 23.1 Å². The van der Waals surface area contributed by atoms with Gasteiger partial charge in [0.1, 0.15) is 0 Å². The van der Waals surface area contributed by atoms with Gasteiger partial charge in [-0.3, -0.25) is 4.79 Å². The first-order valence-electron chi connectivity index (χ1n) is 5.33. The van der Waals surface area contributed by atoms with Crippen molar-refractivity contribution in [2.24, 2.45) is 0 Å². The first kappa shape index (κ1) is 13.3. The predicted octanol–water partition coefficient (Wildman–Crippen LogP) is 1.70. The molecule has 3 nitrogen and oxygen atoms in total. The number of nitrogens with zero attached hydrogens (tertiary/aromatic N) is 1. The Morgan fingerprint density at radius 2 is 2.00 bits per heavy atom. The van der Waals surface area contributed by atoms with Crippen LogP contribution in [-0.4, -0.2) is 40.8 Å². The minimum absolute atomic E-state index is 0.164. The molecule has 94 valence electrons. The highest BCUT2D eigenvalue weighted by molar-refractivity contribution is 5.77. The zero-order chi connectivity index (χ0) is 12.4. The second kappa shape index (κ2) is 4.61. The highest BCUT2D eigenvalue weighted by atomic mass is 19.4. The van der Waals surface area contributed by atoms with Crippen molar-refractivity contribution in [3.05, 3.63) is 0 Å². The molecule has 0 spiro atoms. The number of carbonyl (C=O) groups is 1. The van der Waals surface area contributed by atoms with Gasteiger partial charge >= 0.3 is 6.18 Å². The molecule has 0 radical (unpaired) electrons. The van der Waals surface area contributed by atoms with E-state index in [0.717, 1.165) is 6.42 Å². The number of hydrogen-bond acceptors (Lipinski definition) is 2. The molecular formula is C10H16F3NO2. The number of amides is 1. The molecule has 1 saturated heterocycles. The number of β-amino-alcohol motifs (C(OH)–C–C–N with tert-alkyl or cyclic N) is 1. The lowest BCUT2D eigenvalue weighted by Crippen LogP contribution is -2.63. The molecule has 1 aliphatic rings. The van der Waals surface area contributed by atoms with E-state index in [0.29, 0.717) is 6.42 Å². The molecule has 6 heteroatoms. The lowest BCUT2D eigenvalue weighted by molar-refractivity contribution is -0.165. The van der Waals surface area contributed by atoms with Crippen LogP contribution in [0.2, 0.25) is 0 Å². The van der Waals surface area contributed by atoms with Crippen LogP contribution in [0.25, 0.3) is 0 Å². The summed E-state index contributed by atoms with van der Waals surface area (Å²) in [6.07, 6.45) is -4.53. The number of hydrogen-bond donors (Lipinski definition) is 1. The topological polar surface area (TPSA) is 40.5 Å². The van der Waals surface area contributed by atoms with Crippen molar-refractivity contribution in [3.8, 4) is 0 Å². The normalized spacial score (nSPS) is 19.4. The molecule has 1 fully saturated rings. The first-order valence-corrected chi connectivity index (χ1v) is 5.33. The molecule has 0 atom stereocenters. The predicted molar refractivity (Wildman–Crippen MR) is 51.7 cm³/mol. The zero-order valence-corrected chi connectivity index (χ0v) is 9.18. The van der Waals surface area contributed by atoms with Crippen molar-refractivity contribution in [2.45, 2.75) is 44.4 Å². The highest BCUT2D eigenvalue weighted by Crippen LogP contribution is 2.28. The Hall–Kier alpha value is -0.780. The number of likely N-dealkylation sites (tertiary alicyclic amines) is 1. The van der Waals surface area contributed by atoms with Gasteiger partial charge in [-0.2, -0.15) is 13.2 Å². The van der Waals surface area contributed by atoms with E-state index in [-0.39, 0.29) is 13.1 Å². The smallest absolute Gasteiger partial charge is 0.386 e. The molecule has 0 aromatic carbocycles. The lowest BCUT2D eigenvalue weighted by atomic mass is 9.89. The van der Waals surface area contributed by atoms with Gasteiger partial charge in [-0.1, -0.05) is 13.3 Å². The maximum Gasteiger partial charge on any atom is 0.389 e. The SMILES string of the molecule is CCCC1(O)CN(C(=O)CCC(F)(F)F)C1. The van der Waals surface area contributed by atoms with E-state index >= 15 is 0 Å². The van der Waals surface area contributed by atoms with E-state index in [2.05, 4.69) is 0 Å². The quantitative estimate of drug-likeness (QED) is 0.811. The van der Waals surface area contributed by atoms with Gasteiger partial charge in [0.25, 0.3) is 0 Å². The van der Waals surface area contributed by atoms with Crippen molar-refractivity contribution >= 4 is 5.91 Å². The third-order valence-electron chi connectivity index (χ3n) is 2.66. The summed E-state index contributed by atoms with van der Waals surface area (Å²) in [6.45, 7) is 2.24. The number of alkyl halides is 3. The largest absolute Gasteiger partial charge is 0.389 e. The summed E-state index contributed by atoms with van der Waals surface area (Å²) in [5, 5.41) is 9.74. The van der Waals surface area contributed by atoms with Crippen LogP contribution in [0.15, 0.2) is 0 Å². The van der Waals surface area contributed by atoms with Crippen LogP contribution < -0.4 is 0 Å². The molecule has 16 heavy (non-hydrogen) atoms. The summed E-state index contributed by atoms with van der Waals surface area (Å²) >= 11 is 0. The maximum absolute atomic E-state index is 11.9. The fourth-order valence-corrected chi connectivity index (χ4v) is 1.87. The molecule has 0 bridgehead atoms. The minimum atomic E-state index is -4.29. The van der Waals surface area contributed by atoms with Gasteiger partial charge in [0.15, 0.2) is 0 Å². The Kier molecular flexibility index (Phi) is 3.83. The first-order chi connectivity index (χ1) is 7.26. The summed E-state index contributed by atoms with van der Waals surface area (Å²) < 4.78 is 35.6. The van der Waals surface area contributed by atoms with E-state index in [1.54, 1.807) is 0 Å². The second-order valence-electron chi connectivity index (χ2n) is 4.34. The van der Waals surface area contributed by atoms with Crippen molar-refractivity contribution in [1.29, 1.82) is 0 Å². The molecule has 1 aliphatic heterocycles. The molecule has 0 saturated carbocycles. The van der Waals surface area contributed by atoms with E-state index < -0.39 is 30.5 Å². The van der Waals surface area contributed by atoms with Crippen LogP contribution in [0.3, 0.4) is 0 Å². The fraction of sp³-hybridized carbons (Fsp3) is 0.900. The fourth-order valence-electron chi connectivity index (χ4n) is 1.87. The number of halogens is 3. The maximum atomic E-state index is 11.9. The van der Waals surface area contributed by atoms with Crippen molar-refractivity contribution in [2.75, 3.05) is 13.1 Å².